The van der Waals surface area contributed by atoms with Gasteiger partial charge in [0.1, 0.15) is 0 Å². The van der Waals surface area contributed by atoms with Gasteiger partial charge in [-0.1, -0.05) is 38.3 Å². The van der Waals surface area contributed by atoms with Crippen molar-refractivity contribution in [2.75, 3.05) is 12.3 Å². The fourth-order valence-electron chi connectivity index (χ4n) is 3.05. The molecule has 0 spiro atoms. The minimum Gasteiger partial charge on any atom is -0.399 e. The van der Waals surface area contributed by atoms with Crippen molar-refractivity contribution in [3.63, 3.8) is 0 Å². The lowest BCUT2D eigenvalue weighted by Gasteiger charge is -2.34. The monoisotopic (exact) mass is 246 g/mol. The molecule has 0 heterocycles. The van der Waals surface area contributed by atoms with E-state index in [1.165, 1.54) is 50.6 Å². The van der Waals surface area contributed by atoms with E-state index in [1.807, 2.05) is 6.07 Å². The van der Waals surface area contributed by atoms with Gasteiger partial charge in [0, 0.05) is 18.3 Å². The molecule has 1 aliphatic rings. The zero-order valence-corrected chi connectivity index (χ0v) is 11.6. The first-order valence-electron chi connectivity index (χ1n) is 7.38. The minimum absolute atomic E-state index is 0.792. The Morgan fingerprint density at radius 1 is 1.22 bits per heavy atom. The van der Waals surface area contributed by atoms with Gasteiger partial charge in [-0.05, 0) is 43.5 Å². The average Bonchev–Trinajstić information content (AvgIpc) is 2.39. The van der Waals surface area contributed by atoms with Crippen molar-refractivity contribution in [1.29, 1.82) is 0 Å². The third-order valence-electron chi connectivity index (χ3n) is 3.94. The smallest absolute Gasteiger partial charge is 0.0317 e. The molecule has 2 heteroatoms. The second kappa shape index (κ2) is 6.79. The van der Waals surface area contributed by atoms with Crippen molar-refractivity contribution in [1.82, 2.24) is 4.90 Å². The quantitative estimate of drug-likeness (QED) is 0.800. The Labute approximate surface area is 111 Å². The lowest BCUT2D eigenvalue weighted by atomic mass is 9.93. The van der Waals surface area contributed by atoms with Crippen LogP contribution in [0.1, 0.15) is 51.0 Å². The molecule has 0 atom stereocenters. The lowest BCUT2D eigenvalue weighted by molar-refractivity contribution is 0.148. The van der Waals surface area contributed by atoms with Gasteiger partial charge >= 0.3 is 0 Å². The third-order valence-corrected chi connectivity index (χ3v) is 3.94. The normalized spacial score (nSPS) is 17.2. The van der Waals surface area contributed by atoms with Crippen LogP contribution in [0.4, 0.5) is 5.69 Å². The molecule has 1 saturated carbocycles. The van der Waals surface area contributed by atoms with Gasteiger partial charge in [-0.3, -0.25) is 4.90 Å². The lowest BCUT2D eigenvalue weighted by Crippen LogP contribution is -2.36. The number of hydrogen-bond donors (Lipinski definition) is 1. The number of nitrogens with two attached hydrogens (primary N) is 1. The van der Waals surface area contributed by atoms with E-state index in [9.17, 15) is 0 Å². The first-order chi connectivity index (χ1) is 8.79. The van der Waals surface area contributed by atoms with Crippen molar-refractivity contribution >= 4 is 5.69 Å². The highest BCUT2D eigenvalue weighted by Crippen LogP contribution is 2.24. The van der Waals surface area contributed by atoms with E-state index < -0.39 is 0 Å². The molecule has 2 nitrogen and oxygen atoms in total. The van der Waals surface area contributed by atoms with Gasteiger partial charge in [-0.25, -0.2) is 0 Å². The topological polar surface area (TPSA) is 29.3 Å². The van der Waals surface area contributed by atoms with E-state index in [4.69, 9.17) is 5.73 Å². The fraction of sp³-hybridized carbons (Fsp3) is 0.625. The number of benzene rings is 1. The first kappa shape index (κ1) is 13.4. The Balaban J connectivity index is 2.00. The van der Waals surface area contributed by atoms with Gasteiger partial charge in [0.2, 0.25) is 0 Å². The van der Waals surface area contributed by atoms with Crippen LogP contribution >= 0.6 is 0 Å². The molecule has 1 aromatic carbocycles. The van der Waals surface area contributed by atoms with Crippen molar-refractivity contribution in [3.05, 3.63) is 29.8 Å². The summed E-state index contributed by atoms with van der Waals surface area (Å²) in [7, 11) is 0. The van der Waals surface area contributed by atoms with Gasteiger partial charge < -0.3 is 5.73 Å². The summed E-state index contributed by atoms with van der Waals surface area (Å²) in [5.41, 5.74) is 8.11. The molecule has 1 fully saturated rings. The summed E-state index contributed by atoms with van der Waals surface area (Å²) < 4.78 is 0. The highest BCUT2D eigenvalue weighted by Gasteiger charge is 2.20. The molecule has 100 valence electrons. The molecule has 0 radical (unpaired) electrons. The van der Waals surface area contributed by atoms with E-state index >= 15 is 0 Å². The predicted molar refractivity (Wildman–Crippen MR) is 78.4 cm³/mol. The zero-order chi connectivity index (χ0) is 12.8. The molecule has 0 amide bonds. The van der Waals surface area contributed by atoms with Gasteiger partial charge in [0.15, 0.2) is 0 Å². The number of nitrogen functional groups attached to an aromatic ring is 1. The van der Waals surface area contributed by atoms with Crippen molar-refractivity contribution in [2.24, 2.45) is 0 Å². The Bertz CT molecular complexity index is 356. The Hall–Kier alpha value is -1.02. The predicted octanol–water partition coefficient (Wildman–Crippen LogP) is 3.81. The second-order valence-corrected chi connectivity index (χ2v) is 5.51. The molecular weight excluding hydrogens is 220 g/mol. The maximum absolute atomic E-state index is 5.87. The summed E-state index contributed by atoms with van der Waals surface area (Å²) in [6.45, 7) is 4.54. The Kier molecular flexibility index (Phi) is 5.06. The van der Waals surface area contributed by atoms with Crippen LogP contribution in [0.2, 0.25) is 0 Å². The molecule has 0 bridgehead atoms. The summed E-state index contributed by atoms with van der Waals surface area (Å²) in [5, 5.41) is 0. The van der Waals surface area contributed by atoms with E-state index in [2.05, 4.69) is 30.0 Å². The standard InChI is InChI=1S/C16H26N2/c1-2-11-18(16-9-4-3-5-10-16)13-14-7-6-8-15(17)12-14/h6-8,12,16H,2-5,9-11,13,17H2,1H3. The summed E-state index contributed by atoms with van der Waals surface area (Å²) in [5.74, 6) is 0. The van der Waals surface area contributed by atoms with E-state index in [-0.39, 0.29) is 0 Å². The third kappa shape index (κ3) is 3.74. The minimum atomic E-state index is 0.792. The molecule has 0 aromatic heterocycles. The van der Waals surface area contributed by atoms with Gasteiger partial charge in [0.25, 0.3) is 0 Å². The Morgan fingerprint density at radius 3 is 2.67 bits per heavy atom. The fourth-order valence-corrected chi connectivity index (χ4v) is 3.05. The van der Waals surface area contributed by atoms with Crippen LogP contribution in [0.3, 0.4) is 0 Å². The summed E-state index contributed by atoms with van der Waals surface area (Å²) in [6, 6.07) is 9.14. The van der Waals surface area contributed by atoms with Gasteiger partial charge in [-0.15, -0.1) is 0 Å². The van der Waals surface area contributed by atoms with Crippen LogP contribution in [0.25, 0.3) is 0 Å². The van der Waals surface area contributed by atoms with E-state index in [0.717, 1.165) is 18.3 Å². The van der Waals surface area contributed by atoms with Gasteiger partial charge in [-0.2, -0.15) is 0 Å². The Morgan fingerprint density at radius 2 is 2.00 bits per heavy atom. The molecule has 18 heavy (non-hydrogen) atoms. The molecule has 1 aliphatic carbocycles. The van der Waals surface area contributed by atoms with Crippen molar-refractivity contribution in [3.8, 4) is 0 Å². The van der Waals surface area contributed by atoms with Crippen LogP contribution in [-0.4, -0.2) is 17.5 Å². The van der Waals surface area contributed by atoms with Crippen LogP contribution in [-0.2, 0) is 6.54 Å². The molecule has 0 unspecified atom stereocenters. The molecule has 0 saturated heterocycles. The number of anilines is 1. The molecule has 0 aliphatic heterocycles. The van der Waals surface area contributed by atoms with E-state index in [0.29, 0.717) is 0 Å². The largest absolute Gasteiger partial charge is 0.399 e. The van der Waals surface area contributed by atoms with Crippen LogP contribution in [0.15, 0.2) is 24.3 Å². The maximum atomic E-state index is 5.87. The maximum Gasteiger partial charge on any atom is 0.0317 e. The first-order valence-corrected chi connectivity index (χ1v) is 7.38. The van der Waals surface area contributed by atoms with Crippen LogP contribution < -0.4 is 5.73 Å². The van der Waals surface area contributed by atoms with Gasteiger partial charge in [0.05, 0.1) is 0 Å². The van der Waals surface area contributed by atoms with Crippen LogP contribution in [0, 0.1) is 0 Å². The SMILES string of the molecule is CCCN(Cc1cccc(N)c1)C1CCCCC1. The second-order valence-electron chi connectivity index (χ2n) is 5.51. The van der Waals surface area contributed by atoms with Crippen LogP contribution in [0.5, 0.6) is 0 Å². The van der Waals surface area contributed by atoms with Crippen molar-refractivity contribution < 1.29 is 0 Å². The number of rotatable bonds is 5. The molecule has 2 N–H and O–H groups in total. The molecular formula is C16H26N2. The highest BCUT2D eigenvalue weighted by atomic mass is 15.1. The molecule has 2 rings (SSSR count). The average molecular weight is 246 g/mol. The zero-order valence-electron chi connectivity index (χ0n) is 11.6. The highest BCUT2D eigenvalue weighted by molar-refractivity contribution is 5.40. The number of nitrogens with zero attached hydrogens (tertiary/aromatic N) is 1. The molecule has 1 aromatic rings. The number of hydrogen-bond acceptors (Lipinski definition) is 2. The summed E-state index contributed by atoms with van der Waals surface area (Å²) in [6.07, 6.45) is 8.22. The van der Waals surface area contributed by atoms with E-state index in [1.54, 1.807) is 0 Å². The van der Waals surface area contributed by atoms with Crippen molar-refractivity contribution in [2.45, 2.75) is 58.0 Å². The summed E-state index contributed by atoms with van der Waals surface area (Å²) in [4.78, 5) is 2.66. The summed E-state index contributed by atoms with van der Waals surface area (Å²) >= 11 is 0.